The van der Waals surface area contributed by atoms with Crippen LogP contribution < -0.4 is 5.32 Å². The fraction of sp³-hybridized carbons (Fsp3) is 0.278. The summed E-state index contributed by atoms with van der Waals surface area (Å²) in [7, 11) is 0. The number of aryl methyl sites for hydroxylation is 1. The molecule has 0 aliphatic carbocycles. The van der Waals surface area contributed by atoms with E-state index in [9.17, 15) is 9.18 Å². The third-order valence-electron chi connectivity index (χ3n) is 4.34. The Morgan fingerprint density at radius 3 is 2.96 bits per heavy atom. The fourth-order valence-electron chi connectivity index (χ4n) is 3.09. The normalized spacial score (nSPS) is 14.3. The average molecular weight is 356 g/mol. The lowest BCUT2D eigenvalue weighted by atomic mass is 10.2. The topological polar surface area (TPSA) is 59.8 Å². The van der Waals surface area contributed by atoms with Crippen LogP contribution in [0.2, 0.25) is 0 Å². The van der Waals surface area contributed by atoms with E-state index in [4.69, 9.17) is 0 Å². The van der Waals surface area contributed by atoms with Crippen LogP contribution in [0.25, 0.3) is 10.4 Å². The van der Waals surface area contributed by atoms with Crippen molar-refractivity contribution in [2.45, 2.75) is 32.4 Å². The number of benzene rings is 1. The molecule has 1 aliphatic heterocycles. The van der Waals surface area contributed by atoms with Crippen molar-refractivity contribution >= 4 is 17.2 Å². The zero-order valence-electron chi connectivity index (χ0n) is 13.7. The number of amides is 1. The van der Waals surface area contributed by atoms with Crippen molar-refractivity contribution in [3.05, 3.63) is 58.7 Å². The number of hydrogen-bond acceptors (Lipinski definition) is 4. The molecule has 0 bridgehead atoms. The van der Waals surface area contributed by atoms with Crippen LogP contribution >= 0.6 is 11.3 Å². The lowest BCUT2D eigenvalue weighted by Crippen LogP contribution is -2.28. The Bertz CT molecular complexity index is 933. The number of halogens is 1. The van der Waals surface area contributed by atoms with Gasteiger partial charge >= 0.3 is 0 Å². The van der Waals surface area contributed by atoms with E-state index in [0.717, 1.165) is 35.9 Å². The maximum absolute atomic E-state index is 13.9. The van der Waals surface area contributed by atoms with Crippen LogP contribution in [-0.2, 0) is 13.0 Å². The zero-order chi connectivity index (χ0) is 17.4. The molecule has 0 unspecified atom stereocenters. The molecule has 0 radical (unpaired) electrons. The van der Waals surface area contributed by atoms with E-state index in [-0.39, 0.29) is 17.8 Å². The molecule has 1 atom stereocenters. The van der Waals surface area contributed by atoms with Gasteiger partial charge < -0.3 is 9.88 Å². The van der Waals surface area contributed by atoms with Crippen LogP contribution in [0.15, 0.2) is 36.4 Å². The molecule has 128 valence electrons. The summed E-state index contributed by atoms with van der Waals surface area (Å²) in [4.78, 5) is 13.8. The number of rotatable bonds is 4. The number of fused-ring (bicyclic) bond motifs is 1. The summed E-state index contributed by atoms with van der Waals surface area (Å²) in [5, 5.41) is 11.3. The quantitative estimate of drug-likeness (QED) is 0.777. The van der Waals surface area contributed by atoms with Gasteiger partial charge in [0.15, 0.2) is 5.82 Å². The van der Waals surface area contributed by atoms with Gasteiger partial charge in [-0.1, -0.05) is 18.2 Å². The summed E-state index contributed by atoms with van der Waals surface area (Å²) in [6, 6.07) is 9.84. The van der Waals surface area contributed by atoms with Crippen molar-refractivity contribution < 1.29 is 9.18 Å². The van der Waals surface area contributed by atoms with Gasteiger partial charge in [-0.2, -0.15) is 0 Å². The van der Waals surface area contributed by atoms with Gasteiger partial charge in [-0.25, -0.2) is 4.39 Å². The molecule has 5 nitrogen and oxygen atoms in total. The van der Waals surface area contributed by atoms with Crippen LogP contribution in [0.4, 0.5) is 4.39 Å². The van der Waals surface area contributed by atoms with Crippen LogP contribution in [0, 0.1) is 5.82 Å². The van der Waals surface area contributed by atoms with Crippen LogP contribution in [0.1, 0.15) is 40.7 Å². The highest BCUT2D eigenvalue weighted by Crippen LogP contribution is 2.30. The molecule has 1 amide bonds. The van der Waals surface area contributed by atoms with Gasteiger partial charge in [0.05, 0.1) is 10.9 Å². The molecule has 0 saturated heterocycles. The first-order valence-electron chi connectivity index (χ1n) is 8.21. The van der Waals surface area contributed by atoms with E-state index < -0.39 is 0 Å². The van der Waals surface area contributed by atoms with Crippen molar-refractivity contribution in [1.29, 1.82) is 0 Å². The van der Waals surface area contributed by atoms with Gasteiger partial charge in [0.2, 0.25) is 0 Å². The van der Waals surface area contributed by atoms with Gasteiger partial charge in [-0.05, 0) is 31.5 Å². The Labute approximate surface area is 148 Å². The summed E-state index contributed by atoms with van der Waals surface area (Å²) < 4.78 is 16.0. The number of aromatic nitrogens is 3. The molecule has 1 aliphatic rings. The van der Waals surface area contributed by atoms with E-state index in [1.54, 1.807) is 30.3 Å². The molecule has 4 rings (SSSR count). The minimum Gasteiger partial charge on any atom is -0.342 e. The van der Waals surface area contributed by atoms with Crippen LogP contribution in [0.5, 0.6) is 0 Å². The van der Waals surface area contributed by atoms with Gasteiger partial charge in [0.25, 0.3) is 5.91 Å². The maximum Gasteiger partial charge on any atom is 0.261 e. The second kappa shape index (κ2) is 6.40. The van der Waals surface area contributed by atoms with E-state index >= 15 is 0 Å². The van der Waals surface area contributed by atoms with Gasteiger partial charge in [-0.15, -0.1) is 21.5 Å². The fourth-order valence-corrected chi connectivity index (χ4v) is 4.03. The average Bonchev–Trinajstić information content (AvgIpc) is 3.31. The number of thiophene rings is 1. The number of carbonyl (C=O) groups excluding carboxylic acids is 1. The lowest BCUT2D eigenvalue weighted by molar-refractivity contribution is 0.0941. The molecular formula is C18H17FN4OS. The van der Waals surface area contributed by atoms with E-state index in [0.29, 0.717) is 10.4 Å². The Kier molecular flexibility index (Phi) is 4.09. The molecule has 1 aromatic carbocycles. The standard InChI is InChI=1S/C18H17FN4OS/c1-11(17-22-21-16-7-4-10-23(16)17)20-18(24)15-9-8-14(25-15)12-5-2-3-6-13(12)19/h2-3,5-6,8-9,11H,4,7,10H2,1H3,(H,20,24)/t11-/m0/s1. The smallest absolute Gasteiger partial charge is 0.261 e. The van der Waals surface area contributed by atoms with Gasteiger partial charge in [-0.3, -0.25) is 4.79 Å². The Morgan fingerprint density at radius 2 is 2.12 bits per heavy atom. The molecule has 3 aromatic rings. The van der Waals surface area contributed by atoms with E-state index in [2.05, 4.69) is 20.1 Å². The summed E-state index contributed by atoms with van der Waals surface area (Å²) in [6.07, 6.45) is 2.00. The van der Waals surface area contributed by atoms with Crippen LogP contribution in [0.3, 0.4) is 0 Å². The summed E-state index contributed by atoms with van der Waals surface area (Å²) in [5.74, 6) is 1.29. The highest BCUT2D eigenvalue weighted by Gasteiger charge is 2.23. The first-order valence-corrected chi connectivity index (χ1v) is 9.02. The minimum atomic E-state index is -0.288. The Balaban J connectivity index is 1.51. The first-order chi connectivity index (χ1) is 12.1. The van der Waals surface area contributed by atoms with Crippen molar-refractivity contribution in [2.24, 2.45) is 0 Å². The van der Waals surface area contributed by atoms with Gasteiger partial charge in [0.1, 0.15) is 11.6 Å². The Morgan fingerprint density at radius 1 is 1.28 bits per heavy atom. The monoisotopic (exact) mass is 356 g/mol. The lowest BCUT2D eigenvalue weighted by Gasteiger charge is -2.13. The number of nitrogens with zero attached hydrogens (tertiary/aromatic N) is 3. The predicted molar refractivity (Wildman–Crippen MR) is 93.9 cm³/mol. The van der Waals surface area contributed by atoms with Crippen molar-refractivity contribution in [2.75, 3.05) is 0 Å². The SMILES string of the molecule is C[C@H](NC(=O)c1ccc(-c2ccccc2F)s1)c1nnc2n1CCC2. The maximum atomic E-state index is 13.9. The number of hydrogen-bond donors (Lipinski definition) is 1. The summed E-state index contributed by atoms with van der Waals surface area (Å²) >= 11 is 1.28. The highest BCUT2D eigenvalue weighted by atomic mass is 32.1. The summed E-state index contributed by atoms with van der Waals surface area (Å²) in [6.45, 7) is 2.80. The summed E-state index contributed by atoms with van der Waals surface area (Å²) in [5.41, 5.74) is 0.509. The molecule has 0 spiro atoms. The minimum absolute atomic E-state index is 0.185. The van der Waals surface area contributed by atoms with E-state index in [1.165, 1.54) is 17.4 Å². The molecule has 1 N–H and O–H groups in total. The van der Waals surface area contributed by atoms with Crippen molar-refractivity contribution in [3.63, 3.8) is 0 Å². The van der Waals surface area contributed by atoms with Gasteiger partial charge in [0, 0.05) is 23.4 Å². The van der Waals surface area contributed by atoms with Crippen LogP contribution in [-0.4, -0.2) is 20.7 Å². The molecule has 0 fully saturated rings. The predicted octanol–water partition coefficient (Wildman–Crippen LogP) is 3.58. The van der Waals surface area contributed by atoms with Crippen molar-refractivity contribution in [3.8, 4) is 10.4 Å². The third kappa shape index (κ3) is 2.95. The van der Waals surface area contributed by atoms with Crippen molar-refractivity contribution in [1.82, 2.24) is 20.1 Å². The molecule has 2 aromatic heterocycles. The first kappa shape index (κ1) is 16.0. The molecule has 3 heterocycles. The highest BCUT2D eigenvalue weighted by molar-refractivity contribution is 7.17. The zero-order valence-corrected chi connectivity index (χ0v) is 14.5. The second-order valence-corrected chi connectivity index (χ2v) is 7.15. The third-order valence-corrected chi connectivity index (χ3v) is 5.46. The molecular weight excluding hydrogens is 339 g/mol. The number of nitrogens with one attached hydrogen (secondary N) is 1. The largest absolute Gasteiger partial charge is 0.342 e. The molecule has 7 heteroatoms. The Hall–Kier alpha value is -2.54. The number of carbonyl (C=O) groups is 1. The second-order valence-electron chi connectivity index (χ2n) is 6.07. The van der Waals surface area contributed by atoms with E-state index in [1.807, 2.05) is 6.92 Å². The molecule has 0 saturated carbocycles. The molecule has 25 heavy (non-hydrogen) atoms.